The molecular weight excluding hydrogens is 501 g/mol. The Kier molecular flexibility index (Phi) is 12.8. The summed E-state index contributed by atoms with van der Waals surface area (Å²) >= 11 is 2.25. The summed E-state index contributed by atoms with van der Waals surface area (Å²) in [6.45, 7) is 2.87. The predicted molar refractivity (Wildman–Crippen MR) is 136 cm³/mol. The zero-order valence-corrected chi connectivity index (χ0v) is 20.8. The van der Waals surface area contributed by atoms with E-state index in [4.69, 9.17) is 9.84 Å². The third kappa shape index (κ3) is 10.1. The van der Waals surface area contributed by atoms with Gasteiger partial charge in [-0.2, -0.15) is 0 Å². The number of hydrogen-bond acceptors (Lipinski definition) is 4. The zero-order valence-electron chi connectivity index (χ0n) is 18.6. The minimum Gasteiger partial charge on any atom is -0.491 e. The fourth-order valence-corrected chi connectivity index (χ4v) is 4.04. The number of nitrogens with zero attached hydrogens (tertiary/aromatic N) is 1. The zero-order chi connectivity index (χ0) is 22.3. The van der Waals surface area contributed by atoms with E-state index in [1.807, 2.05) is 36.4 Å². The van der Waals surface area contributed by atoms with E-state index in [0.29, 0.717) is 18.7 Å². The van der Waals surface area contributed by atoms with Gasteiger partial charge in [-0.05, 0) is 64.9 Å². The Balaban J connectivity index is 1.88. The molecule has 170 valence electrons. The smallest absolute Gasteiger partial charge is 0.144 e. The molecule has 1 aromatic heterocycles. The topological polar surface area (TPSA) is 62.6 Å². The Morgan fingerprint density at radius 1 is 1.03 bits per heavy atom. The van der Waals surface area contributed by atoms with Gasteiger partial charge in [0.1, 0.15) is 11.4 Å². The van der Waals surface area contributed by atoms with Gasteiger partial charge in [-0.25, -0.2) is 4.98 Å². The van der Waals surface area contributed by atoms with Crippen molar-refractivity contribution < 1.29 is 14.9 Å². The first-order valence-corrected chi connectivity index (χ1v) is 12.6. The molecule has 1 heterocycles. The molecule has 0 aliphatic carbocycles. The number of unbranched alkanes of at least 4 members (excludes halogenated alkanes) is 7. The minimum atomic E-state index is -0.610. The average molecular weight is 537 g/mol. The van der Waals surface area contributed by atoms with Gasteiger partial charge in [0.2, 0.25) is 0 Å². The largest absolute Gasteiger partial charge is 0.491 e. The molecule has 31 heavy (non-hydrogen) atoms. The van der Waals surface area contributed by atoms with Gasteiger partial charge in [0.25, 0.3) is 0 Å². The van der Waals surface area contributed by atoms with E-state index >= 15 is 0 Å². The first-order valence-electron chi connectivity index (χ1n) is 11.5. The highest BCUT2D eigenvalue weighted by Gasteiger charge is 2.12. The fourth-order valence-electron chi connectivity index (χ4n) is 3.47. The van der Waals surface area contributed by atoms with Crippen LogP contribution in [0.5, 0.6) is 5.75 Å². The van der Waals surface area contributed by atoms with Gasteiger partial charge in [0, 0.05) is 15.7 Å². The van der Waals surface area contributed by atoms with E-state index in [-0.39, 0.29) is 6.61 Å². The first kappa shape index (κ1) is 25.8. The summed E-state index contributed by atoms with van der Waals surface area (Å²) in [6, 6.07) is 11.7. The number of hydrogen-bond donors (Lipinski definition) is 2. The number of ether oxygens (including phenoxy) is 1. The van der Waals surface area contributed by atoms with Crippen molar-refractivity contribution in [2.45, 2.75) is 70.8 Å². The molecule has 2 rings (SSSR count). The summed E-state index contributed by atoms with van der Waals surface area (Å²) in [5, 5.41) is 19.8. The Morgan fingerprint density at radius 3 is 2.48 bits per heavy atom. The molecule has 0 radical (unpaired) electrons. The fraction of sp³-hybridized carbons (Fsp3) is 0.500. The lowest BCUT2D eigenvalue weighted by atomic mass is 10.0. The van der Waals surface area contributed by atoms with Gasteiger partial charge in [0.05, 0.1) is 19.3 Å². The van der Waals surface area contributed by atoms with Gasteiger partial charge >= 0.3 is 0 Å². The molecule has 0 bridgehead atoms. The maximum absolute atomic E-state index is 10.6. The second-order valence-electron chi connectivity index (χ2n) is 7.87. The molecular formula is C26H36INO3. The van der Waals surface area contributed by atoms with Gasteiger partial charge in [-0.1, -0.05) is 70.1 Å². The van der Waals surface area contributed by atoms with Crippen molar-refractivity contribution in [3.05, 3.63) is 63.0 Å². The van der Waals surface area contributed by atoms with Crippen LogP contribution >= 0.6 is 22.6 Å². The van der Waals surface area contributed by atoms with Crippen LogP contribution in [0.3, 0.4) is 0 Å². The number of pyridine rings is 1. The van der Waals surface area contributed by atoms with Crippen molar-refractivity contribution >= 4 is 28.7 Å². The third-order valence-corrected chi connectivity index (χ3v) is 5.89. The normalized spacial score (nSPS) is 12.4. The molecule has 0 amide bonds. The molecule has 2 N–H and O–H groups in total. The van der Waals surface area contributed by atoms with E-state index < -0.39 is 6.10 Å². The number of halogens is 1. The van der Waals surface area contributed by atoms with Crippen LogP contribution < -0.4 is 4.74 Å². The lowest BCUT2D eigenvalue weighted by Gasteiger charge is -2.14. The minimum absolute atomic E-state index is 0.0472. The van der Waals surface area contributed by atoms with Crippen LogP contribution in [-0.2, 0) is 6.42 Å². The molecule has 0 aliphatic rings. The van der Waals surface area contributed by atoms with Crippen LogP contribution in [0, 0.1) is 3.57 Å². The van der Waals surface area contributed by atoms with Gasteiger partial charge in [0.15, 0.2) is 0 Å². The van der Waals surface area contributed by atoms with Crippen molar-refractivity contribution in [2.75, 3.05) is 13.2 Å². The Morgan fingerprint density at radius 2 is 1.77 bits per heavy atom. The van der Waals surface area contributed by atoms with E-state index in [1.165, 1.54) is 44.9 Å². The van der Waals surface area contributed by atoms with Crippen LogP contribution in [0.4, 0.5) is 0 Å². The van der Waals surface area contributed by atoms with Crippen LogP contribution in [0.25, 0.3) is 6.08 Å². The molecule has 0 spiro atoms. The second-order valence-corrected chi connectivity index (χ2v) is 9.11. The molecule has 1 unspecified atom stereocenters. The lowest BCUT2D eigenvalue weighted by molar-refractivity contribution is 0.177. The van der Waals surface area contributed by atoms with Crippen molar-refractivity contribution in [3.8, 4) is 5.75 Å². The molecule has 1 atom stereocenters. The summed E-state index contributed by atoms with van der Waals surface area (Å²) in [4.78, 5) is 4.67. The van der Waals surface area contributed by atoms with Crippen LogP contribution in [-0.4, -0.2) is 28.4 Å². The van der Waals surface area contributed by atoms with E-state index in [9.17, 15) is 5.11 Å². The first-order chi connectivity index (χ1) is 15.1. The highest BCUT2D eigenvalue weighted by Crippen LogP contribution is 2.24. The Labute approximate surface area is 200 Å². The van der Waals surface area contributed by atoms with E-state index in [1.54, 1.807) is 12.2 Å². The summed E-state index contributed by atoms with van der Waals surface area (Å²) in [7, 11) is 0. The van der Waals surface area contributed by atoms with Crippen molar-refractivity contribution in [1.29, 1.82) is 0 Å². The monoisotopic (exact) mass is 537 g/mol. The van der Waals surface area contributed by atoms with Crippen molar-refractivity contribution in [1.82, 2.24) is 4.98 Å². The molecule has 5 heteroatoms. The van der Waals surface area contributed by atoms with E-state index in [0.717, 1.165) is 27.0 Å². The third-order valence-electron chi connectivity index (χ3n) is 5.22. The summed E-state index contributed by atoms with van der Waals surface area (Å²) < 4.78 is 7.08. The molecule has 0 fully saturated rings. The highest BCUT2D eigenvalue weighted by molar-refractivity contribution is 14.1. The van der Waals surface area contributed by atoms with Crippen LogP contribution in [0.2, 0.25) is 0 Å². The molecule has 2 aromatic rings. The summed E-state index contributed by atoms with van der Waals surface area (Å²) in [5.74, 6) is 0.722. The Bertz CT molecular complexity index is 794. The number of rotatable bonds is 15. The number of aromatic nitrogens is 1. The second kappa shape index (κ2) is 15.4. The molecule has 4 nitrogen and oxygen atoms in total. The maximum atomic E-state index is 10.6. The molecule has 0 saturated heterocycles. The number of aliphatic hydroxyl groups excluding tert-OH is 2. The van der Waals surface area contributed by atoms with Gasteiger partial charge in [-0.15, -0.1) is 0 Å². The predicted octanol–water partition coefficient (Wildman–Crippen LogP) is 6.49. The van der Waals surface area contributed by atoms with E-state index in [2.05, 4.69) is 34.5 Å². The molecule has 0 saturated carbocycles. The molecule has 1 aromatic carbocycles. The summed E-state index contributed by atoms with van der Waals surface area (Å²) in [6.07, 6.45) is 13.4. The van der Waals surface area contributed by atoms with Crippen LogP contribution in [0.15, 0.2) is 42.5 Å². The van der Waals surface area contributed by atoms with Gasteiger partial charge < -0.3 is 14.9 Å². The van der Waals surface area contributed by atoms with Gasteiger partial charge in [-0.3, -0.25) is 0 Å². The maximum Gasteiger partial charge on any atom is 0.144 e. The summed E-state index contributed by atoms with van der Waals surface area (Å²) in [5.41, 5.74) is 2.38. The Hall–Kier alpha value is -1.44. The highest BCUT2D eigenvalue weighted by atomic mass is 127. The number of aliphatic hydroxyl groups is 2. The molecule has 0 aliphatic heterocycles. The van der Waals surface area contributed by atoms with Crippen LogP contribution in [0.1, 0.15) is 81.3 Å². The lowest BCUT2D eigenvalue weighted by Crippen LogP contribution is -2.06. The SMILES string of the molecule is CCCCCCCCCCOc1ccc(CC(O)c2cccc(I)c2)nc1/C=C/CO. The average Bonchev–Trinajstić information content (AvgIpc) is 2.77. The van der Waals surface area contributed by atoms with Crippen molar-refractivity contribution in [2.24, 2.45) is 0 Å². The standard InChI is InChI=1S/C26H36INO3/c1-2-3-4-5-6-7-8-9-18-31-26-16-15-23(28-24(26)14-11-17-29)20-25(30)21-12-10-13-22(27)19-21/h10-16,19,25,29-30H,2-9,17-18,20H2,1H3/b14-11+. The quantitative estimate of drug-likeness (QED) is 0.202. The number of benzene rings is 1. The van der Waals surface area contributed by atoms with Crippen molar-refractivity contribution in [3.63, 3.8) is 0 Å².